The SMILES string of the molecule is C=C1C(=O)O[C@@]2(C)CC[C@H]1C[C@@H](O)/C(C)=C/C/C=C(\C)CC[C@H]2O. The standard InChI is InChI=1S/C20H30O4/c1-13-6-5-7-14(2)17(21)12-16-10-11-20(4,18(22)9-8-13)24-19(23)15(16)3/h6-7,16-18,21-22H,3,5,8-12H2,1-2,4H3/b13-6+,14-7+/t16-,17+,18+,20-/m0/s1. The number of hydrogen-bond acceptors (Lipinski definition) is 4. The number of carbonyl (C=O) groups is 1. The van der Waals surface area contributed by atoms with E-state index < -0.39 is 23.8 Å². The minimum Gasteiger partial charge on any atom is -0.453 e. The number of esters is 1. The van der Waals surface area contributed by atoms with Crippen LogP contribution in [-0.4, -0.2) is 34.0 Å². The Labute approximate surface area is 144 Å². The number of hydrogen-bond donors (Lipinski definition) is 2. The summed E-state index contributed by atoms with van der Waals surface area (Å²) in [5.74, 6) is -0.569. The molecule has 1 fully saturated rings. The van der Waals surface area contributed by atoms with Crippen LogP contribution in [0.15, 0.2) is 35.5 Å². The third kappa shape index (κ3) is 4.37. The molecule has 2 bridgehead atoms. The monoisotopic (exact) mass is 334 g/mol. The van der Waals surface area contributed by atoms with E-state index in [1.165, 1.54) is 5.57 Å². The Balaban J connectivity index is 2.33. The lowest BCUT2D eigenvalue weighted by atomic mass is 9.83. The number of carbonyl (C=O) groups excluding carboxylic acids is 1. The van der Waals surface area contributed by atoms with Gasteiger partial charge < -0.3 is 14.9 Å². The average Bonchev–Trinajstić information content (AvgIpc) is 2.64. The van der Waals surface area contributed by atoms with Crippen LogP contribution in [0.3, 0.4) is 0 Å². The van der Waals surface area contributed by atoms with E-state index in [-0.39, 0.29) is 5.92 Å². The van der Waals surface area contributed by atoms with Crippen molar-refractivity contribution in [2.24, 2.45) is 5.92 Å². The summed E-state index contributed by atoms with van der Waals surface area (Å²) in [4.78, 5) is 12.4. The fraction of sp³-hybridized carbons (Fsp3) is 0.650. The highest BCUT2D eigenvalue weighted by Gasteiger charge is 2.41. The summed E-state index contributed by atoms with van der Waals surface area (Å²) in [7, 11) is 0. The lowest BCUT2D eigenvalue weighted by Gasteiger charge is -2.33. The van der Waals surface area contributed by atoms with Gasteiger partial charge in [-0.1, -0.05) is 24.3 Å². The Bertz CT molecular complexity index is 560. The maximum Gasteiger partial charge on any atom is 0.334 e. The Morgan fingerprint density at radius 2 is 1.96 bits per heavy atom. The topological polar surface area (TPSA) is 66.8 Å². The number of aliphatic hydroxyl groups is 2. The molecule has 0 aromatic rings. The summed E-state index contributed by atoms with van der Waals surface area (Å²) in [6, 6.07) is 0. The molecule has 2 aliphatic rings. The molecule has 134 valence electrons. The molecular formula is C20H30O4. The average molecular weight is 334 g/mol. The second-order valence-corrected chi connectivity index (χ2v) is 7.50. The minimum absolute atomic E-state index is 0.120. The minimum atomic E-state index is -0.894. The zero-order valence-electron chi connectivity index (χ0n) is 15.0. The van der Waals surface area contributed by atoms with E-state index in [1.54, 1.807) is 6.92 Å². The van der Waals surface area contributed by atoms with Gasteiger partial charge in [-0.3, -0.25) is 0 Å². The predicted molar refractivity (Wildman–Crippen MR) is 94.4 cm³/mol. The molecule has 2 rings (SSSR count). The van der Waals surface area contributed by atoms with Crippen molar-refractivity contribution in [2.45, 2.75) is 77.1 Å². The van der Waals surface area contributed by atoms with Gasteiger partial charge in [0.25, 0.3) is 0 Å². The highest BCUT2D eigenvalue weighted by atomic mass is 16.6. The summed E-state index contributed by atoms with van der Waals surface area (Å²) in [6.45, 7) is 9.66. The molecule has 1 aliphatic carbocycles. The van der Waals surface area contributed by atoms with E-state index in [2.05, 4.69) is 12.7 Å². The van der Waals surface area contributed by atoms with Crippen LogP contribution in [-0.2, 0) is 9.53 Å². The predicted octanol–water partition coefficient (Wildman–Crippen LogP) is 3.44. The van der Waals surface area contributed by atoms with Gasteiger partial charge in [-0.15, -0.1) is 0 Å². The molecule has 0 saturated carbocycles. The number of aliphatic hydroxyl groups excluding tert-OH is 2. The normalized spacial score (nSPS) is 40.6. The van der Waals surface area contributed by atoms with Crippen LogP contribution in [0.5, 0.6) is 0 Å². The Morgan fingerprint density at radius 1 is 1.25 bits per heavy atom. The molecular weight excluding hydrogens is 304 g/mol. The molecule has 0 unspecified atom stereocenters. The molecule has 4 nitrogen and oxygen atoms in total. The molecule has 1 heterocycles. The molecule has 0 amide bonds. The maximum absolute atomic E-state index is 12.4. The van der Waals surface area contributed by atoms with E-state index in [0.29, 0.717) is 31.3 Å². The third-order valence-electron chi connectivity index (χ3n) is 5.53. The summed E-state index contributed by atoms with van der Waals surface area (Å²) < 4.78 is 5.62. The van der Waals surface area contributed by atoms with Crippen LogP contribution >= 0.6 is 0 Å². The van der Waals surface area contributed by atoms with Crippen LogP contribution in [0.4, 0.5) is 0 Å². The van der Waals surface area contributed by atoms with E-state index in [4.69, 9.17) is 4.74 Å². The first-order valence-corrected chi connectivity index (χ1v) is 8.83. The maximum atomic E-state index is 12.4. The molecule has 2 N–H and O–H groups in total. The first-order valence-electron chi connectivity index (χ1n) is 8.83. The Kier molecular flexibility index (Phi) is 6.05. The van der Waals surface area contributed by atoms with Gasteiger partial charge in [0.1, 0.15) is 5.60 Å². The van der Waals surface area contributed by atoms with Gasteiger partial charge in [0, 0.05) is 5.57 Å². The Morgan fingerprint density at radius 3 is 2.67 bits per heavy atom. The summed E-state index contributed by atoms with van der Waals surface area (Å²) >= 11 is 0. The van der Waals surface area contributed by atoms with Gasteiger partial charge in [-0.05, 0) is 70.8 Å². The number of fused-ring (bicyclic) bond motifs is 3. The first kappa shape index (κ1) is 18.9. The van der Waals surface area contributed by atoms with Crippen molar-refractivity contribution in [3.05, 3.63) is 35.5 Å². The van der Waals surface area contributed by atoms with Crippen LogP contribution in [0.1, 0.15) is 59.3 Å². The molecule has 4 atom stereocenters. The molecule has 4 heteroatoms. The number of allylic oxidation sites excluding steroid dienone is 3. The van der Waals surface area contributed by atoms with Crippen LogP contribution in [0.25, 0.3) is 0 Å². The van der Waals surface area contributed by atoms with Crippen molar-refractivity contribution in [2.75, 3.05) is 0 Å². The first-order chi connectivity index (χ1) is 11.2. The molecule has 1 saturated heterocycles. The smallest absolute Gasteiger partial charge is 0.334 e. The van der Waals surface area contributed by atoms with Gasteiger partial charge in [0.15, 0.2) is 0 Å². The summed E-state index contributed by atoms with van der Waals surface area (Å²) in [6.07, 6.45) is 6.65. The fourth-order valence-electron chi connectivity index (χ4n) is 3.43. The van der Waals surface area contributed by atoms with Crippen LogP contribution in [0.2, 0.25) is 0 Å². The van der Waals surface area contributed by atoms with Crippen molar-refractivity contribution in [3.63, 3.8) is 0 Å². The van der Waals surface area contributed by atoms with Gasteiger partial charge in [-0.25, -0.2) is 4.79 Å². The molecule has 0 aromatic carbocycles. The third-order valence-corrected chi connectivity index (χ3v) is 5.53. The van der Waals surface area contributed by atoms with Gasteiger partial charge in [0.05, 0.1) is 12.2 Å². The van der Waals surface area contributed by atoms with Gasteiger partial charge in [-0.2, -0.15) is 0 Å². The van der Waals surface area contributed by atoms with Crippen molar-refractivity contribution in [3.8, 4) is 0 Å². The van der Waals surface area contributed by atoms with E-state index in [0.717, 1.165) is 18.4 Å². The van der Waals surface area contributed by atoms with Crippen molar-refractivity contribution in [1.29, 1.82) is 0 Å². The molecule has 24 heavy (non-hydrogen) atoms. The highest BCUT2D eigenvalue weighted by molar-refractivity contribution is 5.89. The quantitative estimate of drug-likeness (QED) is 0.404. The second kappa shape index (κ2) is 7.66. The van der Waals surface area contributed by atoms with E-state index >= 15 is 0 Å². The summed E-state index contributed by atoms with van der Waals surface area (Å²) in [5.41, 5.74) is 1.62. The van der Waals surface area contributed by atoms with Crippen molar-refractivity contribution < 1.29 is 19.7 Å². The number of ether oxygens (including phenoxy) is 1. The molecule has 0 spiro atoms. The molecule has 0 radical (unpaired) electrons. The molecule has 0 aromatic heterocycles. The Hall–Kier alpha value is -1.39. The highest BCUT2D eigenvalue weighted by Crippen LogP contribution is 2.37. The van der Waals surface area contributed by atoms with Crippen LogP contribution < -0.4 is 0 Å². The second-order valence-electron chi connectivity index (χ2n) is 7.50. The lowest BCUT2D eigenvalue weighted by Crippen LogP contribution is -2.43. The zero-order valence-corrected chi connectivity index (χ0v) is 15.0. The van der Waals surface area contributed by atoms with E-state index in [9.17, 15) is 15.0 Å². The number of rotatable bonds is 0. The zero-order chi connectivity index (χ0) is 17.9. The fourth-order valence-corrected chi connectivity index (χ4v) is 3.43. The van der Waals surface area contributed by atoms with Crippen LogP contribution in [0, 0.1) is 5.92 Å². The van der Waals surface area contributed by atoms with Gasteiger partial charge in [0.2, 0.25) is 0 Å². The van der Waals surface area contributed by atoms with Gasteiger partial charge >= 0.3 is 5.97 Å². The van der Waals surface area contributed by atoms with E-state index in [1.807, 2.05) is 19.9 Å². The molecule has 1 aliphatic heterocycles. The largest absolute Gasteiger partial charge is 0.453 e. The summed E-state index contributed by atoms with van der Waals surface area (Å²) in [5, 5.41) is 21.1. The van der Waals surface area contributed by atoms with Crippen molar-refractivity contribution in [1.82, 2.24) is 0 Å². The lowest BCUT2D eigenvalue weighted by molar-refractivity contribution is -0.165. The van der Waals surface area contributed by atoms with Crippen molar-refractivity contribution >= 4 is 5.97 Å².